The molecule has 0 amide bonds. The van der Waals surface area contributed by atoms with Gasteiger partial charge in [0.2, 0.25) is 0 Å². The average Bonchev–Trinajstić information content (AvgIpc) is 2.56. The van der Waals surface area contributed by atoms with E-state index in [4.69, 9.17) is 9.47 Å². The fourth-order valence-corrected chi connectivity index (χ4v) is 2.46. The first-order valence-electron chi connectivity index (χ1n) is 7.13. The van der Waals surface area contributed by atoms with Crippen molar-refractivity contribution in [1.29, 1.82) is 0 Å². The van der Waals surface area contributed by atoms with Crippen molar-refractivity contribution in [2.24, 2.45) is 0 Å². The van der Waals surface area contributed by atoms with E-state index in [2.05, 4.69) is 5.32 Å². The van der Waals surface area contributed by atoms with E-state index in [1.54, 1.807) is 18.2 Å². The summed E-state index contributed by atoms with van der Waals surface area (Å²) in [6, 6.07) is 16.3. The number of hydrogen-bond donors (Lipinski definition) is 1. The molecule has 0 radical (unpaired) electrons. The molecule has 3 nitrogen and oxygen atoms in total. The molecule has 1 fully saturated rings. The van der Waals surface area contributed by atoms with E-state index >= 15 is 0 Å². The molecule has 110 valence electrons. The predicted octanol–water partition coefficient (Wildman–Crippen LogP) is 2.93. The Labute approximate surface area is 123 Å². The molecule has 2 atom stereocenters. The summed E-state index contributed by atoms with van der Waals surface area (Å²) in [5.41, 5.74) is 0.981. The van der Waals surface area contributed by atoms with Gasteiger partial charge in [-0.15, -0.1) is 0 Å². The molecule has 1 N–H and O–H groups in total. The zero-order valence-electron chi connectivity index (χ0n) is 11.7. The smallest absolute Gasteiger partial charge is 0.165 e. The fraction of sp³-hybridized carbons (Fsp3) is 0.294. The number of hydrogen-bond acceptors (Lipinski definition) is 3. The maximum absolute atomic E-state index is 13.9. The van der Waals surface area contributed by atoms with Crippen molar-refractivity contribution in [3.05, 3.63) is 66.0 Å². The fourth-order valence-electron chi connectivity index (χ4n) is 2.46. The van der Waals surface area contributed by atoms with Crippen LogP contribution in [0, 0.1) is 5.82 Å². The number of para-hydroxylation sites is 1. The number of morpholine rings is 1. The Morgan fingerprint density at radius 3 is 2.57 bits per heavy atom. The molecule has 2 aromatic carbocycles. The summed E-state index contributed by atoms with van der Waals surface area (Å²) in [5, 5.41) is 3.29. The predicted molar refractivity (Wildman–Crippen MR) is 78.8 cm³/mol. The molecule has 2 aromatic rings. The first kappa shape index (κ1) is 14.0. The minimum Gasteiger partial charge on any atom is -0.480 e. The molecule has 0 bridgehead atoms. The first-order valence-corrected chi connectivity index (χ1v) is 7.13. The second-order valence-electron chi connectivity index (χ2n) is 4.99. The zero-order valence-corrected chi connectivity index (χ0v) is 11.7. The number of benzene rings is 2. The standard InChI is InChI=1S/C17H18FNO2/c18-14-8-4-5-9-15(14)21-17(13-6-2-1-3-7-13)16-12-19-10-11-20-16/h1-9,16-17,19H,10-12H2/t16-,17?/m1/s1. The van der Waals surface area contributed by atoms with E-state index in [0.717, 1.165) is 12.1 Å². The van der Waals surface area contributed by atoms with Gasteiger partial charge in [0.05, 0.1) is 6.61 Å². The highest BCUT2D eigenvalue weighted by molar-refractivity contribution is 5.27. The summed E-state index contributed by atoms with van der Waals surface area (Å²) in [6.45, 7) is 2.15. The highest BCUT2D eigenvalue weighted by Crippen LogP contribution is 2.28. The molecule has 21 heavy (non-hydrogen) atoms. The molecule has 3 rings (SSSR count). The van der Waals surface area contributed by atoms with Gasteiger partial charge >= 0.3 is 0 Å². The Morgan fingerprint density at radius 1 is 1.10 bits per heavy atom. The van der Waals surface area contributed by atoms with Gasteiger partial charge < -0.3 is 14.8 Å². The minimum atomic E-state index is -0.359. The topological polar surface area (TPSA) is 30.5 Å². The quantitative estimate of drug-likeness (QED) is 0.938. The molecule has 0 aromatic heterocycles. The van der Waals surface area contributed by atoms with Gasteiger partial charge in [-0.1, -0.05) is 42.5 Å². The van der Waals surface area contributed by atoms with Gasteiger partial charge in [-0.05, 0) is 17.7 Å². The molecule has 0 aliphatic carbocycles. The van der Waals surface area contributed by atoms with Crippen molar-refractivity contribution >= 4 is 0 Å². The normalized spacial score (nSPS) is 20.0. The third-order valence-electron chi connectivity index (χ3n) is 3.51. The molecule has 1 unspecified atom stereocenters. The van der Waals surface area contributed by atoms with Crippen LogP contribution in [0.5, 0.6) is 5.75 Å². The summed E-state index contributed by atoms with van der Waals surface area (Å²) >= 11 is 0. The Kier molecular flexibility index (Phi) is 4.48. The maximum Gasteiger partial charge on any atom is 0.165 e. The lowest BCUT2D eigenvalue weighted by Crippen LogP contribution is -2.43. The number of halogens is 1. The average molecular weight is 287 g/mol. The molecule has 1 aliphatic rings. The lowest BCUT2D eigenvalue weighted by Gasteiger charge is -2.31. The summed E-state index contributed by atoms with van der Waals surface area (Å²) in [5.74, 6) is -0.109. The van der Waals surface area contributed by atoms with Crippen LogP contribution in [0.15, 0.2) is 54.6 Å². The Morgan fingerprint density at radius 2 is 1.86 bits per heavy atom. The van der Waals surface area contributed by atoms with Crippen LogP contribution in [0.1, 0.15) is 11.7 Å². The second kappa shape index (κ2) is 6.70. The number of nitrogens with one attached hydrogen (secondary N) is 1. The third-order valence-corrected chi connectivity index (χ3v) is 3.51. The SMILES string of the molecule is Fc1ccccc1OC(c1ccccc1)[C@H]1CNCCO1. The number of ether oxygens (including phenoxy) is 2. The molecule has 1 aliphatic heterocycles. The molecular formula is C17H18FNO2. The van der Waals surface area contributed by atoms with E-state index in [1.807, 2.05) is 30.3 Å². The lowest BCUT2D eigenvalue weighted by molar-refractivity contribution is -0.0442. The van der Waals surface area contributed by atoms with Crippen molar-refractivity contribution in [2.75, 3.05) is 19.7 Å². The van der Waals surface area contributed by atoms with Gasteiger partial charge in [-0.3, -0.25) is 0 Å². The van der Waals surface area contributed by atoms with Crippen LogP contribution >= 0.6 is 0 Å². The lowest BCUT2D eigenvalue weighted by atomic mass is 10.0. The largest absolute Gasteiger partial charge is 0.480 e. The summed E-state index contributed by atoms with van der Waals surface area (Å²) in [4.78, 5) is 0. The summed E-state index contributed by atoms with van der Waals surface area (Å²) in [7, 11) is 0. The highest BCUT2D eigenvalue weighted by Gasteiger charge is 2.28. The zero-order chi connectivity index (χ0) is 14.5. The van der Waals surface area contributed by atoms with E-state index in [0.29, 0.717) is 13.2 Å². The Bertz CT molecular complexity index is 570. The molecule has 0 spiro atoms. The Hall–Kier alpha value is -1.91. The van der Waals surface area contributed by atoms with E-state index in [1.165, 1.54) is 6.07 Å². The Balaban J connectivity index is 1.87. The maximum atomic E-state index is 13.9. The summed E-state index contributed by atoms with van der Waals surface area (Å²) < 4.78 is 25.6. The molecule has 4 heteroatoms. The summed E-state index contributed by atoms with van der Waals surface area (Å²) in [6.07, 6.45) is -0.475. The van der Waals surface area contributed by atoms with Crippen LogP contribution in [0.25, 0.3) is 0 Å². The first-order chi connectivity index (χ1) is 10.3. The van der Waals surface area contributed by atoms with Crippen LogP contribution in [0.2, 0.25) is 0 Å². The molecule has 0 saturated carbocycles. The van der Waals surface area contributed by atoms with E-state index < -0.39 is 0 Å². The van der Waals surface area contributed by atoms with Crippen molar-refractivity contribution in [3.8, 4) is 5.75 Å². The van der Waals surface area contributed by atoms with Crippen LogP contribution in [0.3, 0.4) is 0 Å². The van der Waals surface area contributed by atoms with Crippen LogP contribution < -0.4 is 10.1 Å². The monoisotopic (exact) mass is 287 g/mol. The van der Waals surface area contributed by atoms with Crippen molar-refractivity contribution in [3.63, 3.8) is 0 Å². The third kappa shape index (κ3) is 3.40. The van der Waals surface area contributed by atoms with E-state index in [9.17, 15) is 4.39 Å². The van der Waals surface area contributed by atoms with Crippen molar-refractivity contribution in [1.82, 2.24) is 5.32 Å². The van der Waals surface area contributed by atoms with Crippen LogP contribution in [-0.2, 0) is 4.74 Å². The van der Waals surface area contributed by atoms with Gasteiger partial charge in [0.15, 0.2) is 17.7 Å². The van der Waals surface area contributed by atoms with Gasteiger partial charge in [-0.25, -0.2) is 4.39 Å². The van der Waals surface area contributed by atoms with Gasteiger partial charge in [-0.2, -0.15) is 0 Å². The van der Waals surface area contributed by atoms with Crippen molar-refractivity contribution < 1.29 is 13.9 Å². The van der Waals surface area contributed by atoms with E-state index in [-0.39, 0.29) is 23.8 Å². The van der Waals surface area contributed by atoms with Crippen molar-refractivity contribution in [2.45, 2.75) is 12.2 Å². The van der Waals surface area contributed by atoms with Crippen LogP contribution in [-0.4, -0.2) is 25.8 Å². The van der Waals surface area contributed by atoms with Gasteiger partial charge in [0, 0.05) is 13.1 Å². The number of rotatable bonds is 4. The molecule has 1 saturated heterocycles. The molecular weight excluding hydrogens is 269 g/mol. The second-order valence-corrected chi connectivity index (χ2v) is 4.99. The minimum absolute atomic E-state index is 0.138. The van der Waals surface area contributed by atoms with Gasteiger partial charge in [0.25, 0.3) is 0 Å². The van der Waals surface area contributed by atoms with Gasteiger partial charge in [0.1, 0.15) is 6.10 Å². The molecule has 1 heterocycles. The van der Waals surface area contributed by atoms with Crippen LogP contribution in [0.4, 0.5) is 4.39 Å². The highest BCUT2D eigenvalue weighted by atomic mass is 19.1.